The van der Waals surface area contributed by atoms with Crippen LogP contribution in [0, 0.1) is 0 Å². The van der Waals surface area contributed by atoms with Crippen LogP contribution in [0.4, 0.5) is 0 Å². The molecule has 1 heteroatoms. The van der Waals surface area contributed by atoms with E-state index in [1.54, 1.807) is 0 Å². The number of benzene rings is 2. The van der Waals surface area contributed by atoms with Crippen LogP contribution < -0.4 is 10.4 Å². The summed E-state index contributed by atoms with van der Waals surface area (Å²) in [4.78, 5) is 1.03. The Hall–Kier alpha value is -1.21. The fraction of sp³-hybridized carbons (Fsp3) is 0.143. The molecule has 74 valence electrons. The summed E-state index contributed by atoms with van der Waals surface area (Å²) < 4.78 is 0. The van der Waals surface area contributed by atoms with E-state index in [9.17, 15) is 0 Å². The van der Waals surface area contributed by atoms with Crippen LogP contribution in [-0.4, -0.2) is 0 Å². The average molecular weight is 212 g/mol. The molecular formula is C14H12S. The molecule has 0 saturated carbocycles. The minimum atomic E-state index is 1.03. The molecule has 0 bridgehead atoms. The van der Waals surface area contributed by atoms with E-state index in [-0.39, 0.29) is 0 Å². The smallest absolute Gasteiger partial charge is 0.00463 e. The topological polar surface area (TPSA) is 0 Å². The number of thiol groups is 1. The number of hydrogen-bond acceptors (Lipinski definition) is 1. The molecule has 0 aliphatic heterocycles. The lowest BCUT2D eigenvalue weighted by molar-refractivity contribution is 1.12. The first kappa shape index (κ1) is 9.05. The van der Waals surface area contributed by atoms with Crippen molar-refractivity contribution in [2.24, 2.45) is 0 Å². The van der Waals surface area contributed by atoms with Crippen LogP contribution in [0.15, 0.2) is 35.2 Å². The summed E-state index contributed by atoms with van der Waals surface area (Å²) in [5.74, 6) is 0. The highest BCUT2D eigenvalue weighted by atomic mass is 32.1. The van der Waals surface area contributed by atoms with Gasteiger partial charge in [-0.1, -0.05) is 18.2 Å². The van der Waals surface area contributed by atoms with Gasteiger partial charge in [0.1, 0.15) is 0 Å². The Morgan fingerprint density at radius 2 is 1.47 bits per heavy atom. The molecule has 1 aliphatic rings. The van der Waals surface area contributed by atoms with Crippen molar-refractivity contribution in [3.05, 3.63) is 40.8 Å². The molecule has 0 atom stereocenters. The SMILES string of the molecule is Sc1ccc2cc3c(cc2c1)=CCCC=3. The van der Waals surface area contributed by atoms with Gasteiger partial charge in [-0.2, -0.15) is 0 Å². The molecule has 0 N–H and O–H groups in total. The molecule has 2 aromatic rings. The van der Waals surface area contributed by atoms with E-state index in [0.717, 1.165) is 4.90 Å². The highest BCUT2D eigenvalue weighted by molar-refractivity contribution is 7.80. The first-order chi connectivity index (χ1) is 7.33. The largest absolute Gasteiger partial charge is 0.143 e. The quantitative estimate of drug-likeness (QED) is 0.637. The second-order valence-corrected chi connectivity index (χ2v) is 4.51. The van der Waals surface area contributed by atoms with Gasteiger partial charge in [-0.25, -0.2) is 0 Å². The number of fused-ring (bicyclic) bond motifs is 2. The van der Waals surface area contributed by atoms with Crippen molar-refractivity contribution < 1.29 is 0 Å². The highest BCUT2D eigenvalue weighted by Gasteiger charge is 1.98. The van der Waals surface area contributed by atoms with Crippen LogP contribution in [0.1, 0.15) is 12.8 Å². The molecule has 0 heterocycles. The fourth-order valence-electron chi connectivity index (χ4n) is 2.15. The summed E-state index contributed by atoms with van der Waals surface area (Å²) >= 11 is 4.37. The summed E-state index contributed by atoms with van der Waals surface area (Å²) in [5, 5.41) is 5.33. The van der Waals surface area contributed by atoms with Gasteiger partial charge >= 0.3 is 0 Å². The molecular weight excluding hydrogens is 200 g/mol. The normalized spacial score (nSPS) is 14.2. The highest BCUT2D eigenvalue weighted by Crippen LogP contribution is 2.15. The van der Waals surface area contributed by atoms with Gasteiger partial charge in [-0.05, 0) is 58.3 Å². The standard InChI is InChI=1S/C14H12S/c15-14-6-5-12-7-10-3-1-2-4-11(10)8-13(12)9-14/h3-9,15H,1-2H2. The van der Waals surface area contributed by atoms with Crippen molar-refractivity contribution in [3.8, 4) is 0 Å². The molecule has 0 radical (unpaired) electrons. The van der Waals surface area contributed by atoms with Crippen LogP contribution in [0.5, 0.6) is 0 Å². The van der Waals surface area contributed by atoms with Crippen molar-refractivity contribution in [1.29, 1.82) is 0 Å². The fourth-order valence-corrected chi connectivity index (χ4v) is 2.37. The van der Waals surface area contributed by atoms with Gasteiger partial charge in [0.25, 0.3) is 0 Å². The maximum atomic E-state index is 4.37. The summed E-state index contributed by atoms with van der Waals surface area (Å²) in [6, 6.07) is 10.8. The summed E-state index contributed by atoms with van der Waals surface area (Å²) in [6.07, 6.45) is 6.98. The van der Waals surface area contributed by atoms with Gasteiger partial charge in [0, 0.05) is 4.90 Å². The first-order valence-corrected chi connectivity index (χ1v) is 5.71. The number of rotatable bonds is 0. The third kappa shape index (κ3) is 1.57. The van der Waals surface area contributed by atoms with Crippen LogP contribution in [-0.2, 0) is 0 Å². The predicted octanol–water partition coefficient (Wildman–Crippen LogP) is 2.48. The Bertz CT molecular complexity index is 638. The minimum Gasteiger partial charge on any atom is -0.143 e. The zero-order chi connectivity index (χ0) is 10.3. The van der Waals surface area contributed by atoms with E-state index in [4.69, 9.17) is 0 Å². The van der Waals surface area contributed by atoms with Gasteiger partial charge in [0.2, 0.25) is 0 Å². The molecule has 15 heavy (non-hydrogen) atoms. The third-order valence-electron chi connectivity index (χ3n) is 2.92. The Labute approximate surface area is 94.3 Å². The van der Waals surface area contributed by atoms with Crippen molar-refractivity contribution in [1.82, 2.24) is 0 Å². The molecule has 3 rings (SSSR count). The monoisotopic (exact) mass is 212 g/mol. The minimum absolute atomic E-state index is 1.03. The van der Waals surface area contributed by atoms with E-state index >= 15 is 0 Å². The van der Waals surface area contributed by atoms with Gasteiger partial charge in [-0.3, -0.25) is 0 Å². The molecule has 0 nitrogen and oxygen atoms in total. The Morgan fingerprint density at radius 3 is 2.20 bits per heavy atom. The van der Waals surface area contributed by atoms with E-state index in [0.29, 0.717) is 0 Å². The van der Waals surface area contributed by atoms with Crippen LogP contribution in [0.25, 0.3) is 22.9 Å². The summed E-state index contributed by atoms with van der Waals surface area (Å²) in [7, 11) is 0. The summed E-state index contributed by atoms with van der Waals surface area (Å²) in [5.41, 5.74) is 0. The van der Waals surface area contributed by atoms with E-state index in [1.165, 1.54) is 34.1 Å². The summed E-state index contributed by atoms with van der Waals surface area (Å²) in [6.45, 7) is 0. The molecule has 1 aliphatic carbocycles. The van der Waals surface area contributed by atoms with Crippen molar-refractivity contribution in [2.45, 2.75) is 17.7 Å². The van der Waals surface area contributed by atoms with Crippen LogP contribution in [0.3, 0.4) is 0 Å². The van der Waals surface area contributed by atoms with Gasteiger partial charge in [0.05, 0.1) is 0 Å². The molecule has 0 saturated heterocycles. The Kier molecular flexibility index (Phi) is 2.06. The van der Waals surface area contributed by atoms with Crippen molar-refractivity contribution >= 4 is 35.6 Å². The van der Waals surface area contributed by atoms with Crippen LogP contribution in [0.2, 0.25) is 0 Å². The average Bonchev–Trinajstić information content (AvgIpc) is 2.26. The molecule has 0 unspecified atom stereocenters. The molecule has 0 amide bonds. The van der Waals surface area contributed by atoms with Crippen molar-refractivity contribution in [2.75, 3.05) is 0 Å². The second kappa shape index (κ2) is 3.42. The first-order valence-electron chi connectivity index (χ1n) is 5.26. The van der Waals surface area contributed by atoms with Gasteiger partial charge in [0.15, 0.2) is 0 Å². The van der Waals surface area contributed by atoms with Gasteiger partial charge < -0.3 is 0 Å². The van der Waals surface area contributed by atoms with Crippen LogP contribution >= 0.6 is 12.6 Å². The molecule has 0 spiro atoms. The van der Waals surface area contributed by atoms with E-state index < -0.39 is 0 Å². The van der Waals surface area contributed by atoms with E-state index in [1.807, 2.05) is 6.07 Å². The zero-order valence-electron chi connectivity index (χ0n) is 8.40. The maximum absolute atomic E-state index is 4.37. The van der Waals surface area contributed by atoms with Gasteiger partial charge in [-0.15, -0.1) is 12.6 Å². The van der Waals surface area contributed by atoms with E-state index in [2.05, 4.69) is 49.0 Å². The zero-order valence-corrected chi connectivity index (χ0v) is 9.30. The predicted molar refractivity (Wildman–Crippen MR) is 68.6 cm³/mol. The lowest BCUT2D eigenvalue weighted by Gasteiger charge is -2.03. The second-order valence-electron chi connectivity index (χ2n) is 4.00. The maximum Gasteiger partial charge on any atom is 0.00463 e. The third-order valence-corrected chi connectivity index (χ3v) is 3.20. The molecule has 2 aromatic carbocycles. The number of hydrogen-bond donors (Lipinski definition) is 1. The lowest BCUT2D eigenvalue weighted by atomic mass is 10.0. The Morgan fingerprint density at radius 1 is 0.800 bits per heavy atom. The Balaban J connectivity index is 2.47. The van der Waals surface area contributed by atoms with Crippen molar-refractivity contribution in [3.63, 3.8) is 0 Å². The molecule has 0 aromatic heterocycles. The molecule has 0 fully saturated rings. The lowest BCUT2D eigenvalue weighted by Crippen LogP contribution is -2.26.